The predicted octanol–water partition coefficient (Wildman–Crippen LogP) is 1.88. The topological polar surface area (TPSA) is 41.1 Å². The molecule has 98 valence electrons. The van der Waals surface area contributed by atoms with Crippen molar-refractivity contribution in [1.29, 1.82) is 0 Å². The molecule has 3 heteroatoms. The van der Waals surface area contributed by atoms with E-state index in [0.29, 0.717) is 12.5 Å². The van der Waals surface area contributed by atoms with Crippen LogP contribution in [0.15, 0.2) is 30.3 Å². The molecule has 0 bridgehead atoms. The summed E-state index contributed by atoms with van der Waals surface area (Å²) in [5.41, 5.74) is 1.07. The Balaban J connectivity index is 1.79. The smallest absolute Gasteiger partial charge is 0.224 e. The maximum Gasteiger partial charge on any atom is 0.224 e. The van der Waals surface area contributed by atoms with Crippen molar-refractivity contribution in [3.8, 4) is 0 Å². The third kappa shape index (κ3) is 3.84. The van der Waals surface area contributed by atoms with Gasteiger partial charge in [-0.05, 0) is 31.9 Å². The Hall–Kier alpha value is -1.35. The lowest BCUT2D eigenvalue weighted by atomic mass is 9.99. The number of nitrogens with one attached hydrogen (secondary N) is 2. The van der Waals surface area contributed by atoms with E-state index in [-0.39, 0.29) is 11.9 Å². The average Bonchev–Trinajstić information content (AvgIpc) is 2.40. The van der Waals surface area contributed by atoms with Crippen LogP contribution in [-0.2, 0) is 11.2 Å². The molecule has 1 aliphatic rings. The molecule has 1 heterocycles. The quantitative estimate of drug-likeness (QED) is 0.851. The van der Waals surface area contributed by atoms with Crippen LogP contribution in [0.5, 0.6) is 0 Å². The second-order valence-corrected chi connectivity index (χ2v) is 5.07. The molecule has 18 heavy (non-hydrogen) atoms. The molecule has 0 aromatic heterocycles. The van der Waals surface area contributed by atoms with Gasteiger partial charge in [0.1, 0.15) is 0 Å². The Morgan fingerprint density at radius 3 is 2.83 bits per heavy atom. The van der Waals surface area contributed by atoms with Crippen LogP contribution in [0.1, 0.15) is 31.7 Å². The molecule has 3 nitrogen and oxygen atoms in total. The van der Waals surface area contributed by atoms with Crippen molar-refractivity contribution in [2.75, 3.05) is 6.54 Å². The molecule has 0 spiro atoms. The highest BCUT2D eigenvalue weighted by atomic mass is 16.1. The van der Waals surface area contributed by atoms with E-state index < -0.39 is 0 Å². The number of benzene rings is 1. The molecular formula is C15H22N2O. The molecule has 1 amide bonds. The zero-order valence-electron chi connectivity index (χ0n) is 11.0. The van der Waals surface area contributed by atoms with Crippen molar-refractivity contribution in [1.82, 2.24) is 10.6 Å². The molecule has 0 aliphatic carbocycles. The highest BCUT2D eigenvalue weighted by molar-refractivity contribution is 5.78. The SMILES string of the molecule is CC(NC(=O)Cc1ccccc1)C1CCCCN1. The van der Waals surface area contributed by atoms with E-state index in [4.69, 9.17) is 0 Å². The molecule has 1 aromatic carbocycles. The first-order valence-corrected chi connectivity index (χ1v) is 6.82. The molecule has 2 N–H and O–H groups in total. The number of carbonyl (C=O) groups excluding carboxylic acids is 1. The van der Waals surface area contributed by atoms with Gasteiger partial charge in [0, 0.05) is 12.1 Å². The summed E-state index contributed by atoms with van der Waals surface area (Å²) in [6, 6.07) is 10.5. The second-order valence-electron chi connectivity index (χ2n) is 5.07. The fourth-order valence-electron chi connectivity index (χ4n) is 2.49. The van der Waals surface area contributed by atoms with Crippen LogP contribution >= 0.6 is 0 Å². The predicted molar refractivity (Wildman–Crippen MR) is 73.4 cm³/mol. The number of rotatable bonds is 4. The summed E-state index contributed by atoms with van der Waals surface area (Å²) in [7, 11) is 0. The van der Waals surface area contributed by atoms with E-state index in [1.807, 2.05) is 30.3 Å². The van der Waals surface area contributed by atoms with Gasteiger partial charge in [-0.1, -0.05) is 36.8 Å². The molecule has 1 saturated heterocycles. The molecule has 1 aromatic rings. The van der Waals surface area contributed by atoms with Crippen molar-refractivity contribution < 1.29 is 4.79 Å². The van der Waals surface area contributed by atoms with Gasteiger partial charge < -0.3 is 10.6 Å². The Morgan fingerprint density at radius 2 is 2.17 bits per heavy atom. The Bertz CT molecular complexity index is 371. The van der Waals surface area contributed by atoms with E-state index in [0.717, 1.165) is 18.5 Å². The van der Waals surface area contributed by atoms with Gasteiger partial charge in [-0.2, -0.15) is 0 Å². The summed E-state index contributed by atoms with van der Waals surface area (Å²) in [5.74, 6) is 0.112. The van der Waals surface area contributed by atoms with Gasteiger partial charge in [-0.15, -0.1) is 0 Å². The van der Waals surface area contributed by atoms with Crippen molar-refractivity contribution in [3.63, 3.8) is 0 Å². The first kappa shape index (κ1) is 13.1. The Labute approximate surface area is 109 Å². The van der Waals surface area contributed by atoms with E-state index in [1.165, 1.54) is 12.8 Å². The van der Waals surface area contributed by atoms with Gasteiger partial charge in [0.2, 0.25) is 5.91 Å². The van der Waals surface area contributed by atoms with E-state index in [2.05, 4.69) is 17.6 Å². The normalized spacial score (nSPS) is 21.3. The number of amides is 1. The summed E-state index contributed by atoms with van der Waals surface area (Å²) in [5, 5.41) is 6.57. The maximum atomic E-state index is 11.9. The third-order valence-corrected chi connectivity index (χ3v) is 3.55. The minimum absolute atomic E-state index is 0.112. The summed E-state index contributed by atoms with van der Waals surface area (Å²) >= 11 is 0. The molecule has 2 rings (SSSR count). The average molecular weight is 246 g/mol. The summed E-state index contributed by atoms with van der Waals surface area (Å²) < 4.78 is 0. The van der Waals surface area contributed by atoms with Crippen LogP contribution < -0.4 is 10.6 Å². The first-order valence-electron chi connectivity index (χ1n) is 6.82. The van der Waals surface area contributed by atoms with Gasteiger partial charge in [-0.25, -0.2) is 0 Å². The minimum Gasteiger partial charge on any atom is -0.352 e. The zero-order chi connectivity index (χ0) is 12.8. The van der Waals surface area contributed by atoms with E-state index >= 15 is 0 Å². The van der Waals surface area contributed by atoms with Gasteiger partial charge in [0.15, 0.2) is 0 Å². The lowest BCUT2D eigenvalue weighted by Crippen LogP contribution is -2.50. The highest BCUT2D eigenvalue weighted by Gasteiger charge is 2.20. The number of piperidine rings is 1. The van der Waals surface area contributed by atoms with Crippen molar-refractivity contribution >= 4 is 5.91 Å². The molecular weight excluding hydrogens is 224 g/mol. The van der Waals surface area contributed by atoms with Crippen LogP contribution in [0.2, 0.25) is 0 Å². The zero-order valence-corrected chi connectivity index (χ0v) is 11.0. The first-order chi connectivity index (χ1) is 8.75. The van der Waals surface area contributed by atoms with Crippen LogP contribution in [0.3, 0.4) is 0 Å². The Morgan fingerprint density at radius 1 is 1.39 bits per heavy atom. The van der Waals surface area contributed by atoms with Crippen LogP contribution in [-0.4, -0.2) is 24.5 Å². The summed E-state index contributed by atoms with van der Waals surface area (Å²) in [6.45, 7) is 3.16. The fraction of sp³-hybridized carbons (Fsp3) is 0.533. The third-order valence-electron chi connectivity index (χ3n) is 3.55. The molecule has 0 saturated carbocycles. The maximum absolute atomic E-state index is 11.9. The lowest BCUT2D eigenvalue weighted by Gasteiger charge is -2.29. The molecule has 0 radical (unpaired) electrons. The van der Waals surface area contributed by atoms with Crippen LogP contribution in [0.4, 0.5) is 0 Å². The fourth-order valence-corrected chi connectivity index (χ4v) is 2.49. The Kier molecular flexibility index (Phi) is 4.76. The highest BCUT2D eigenvalue weighted by Crippen LogP contribution is 2.10. The standard InChI is InChI=1S/C15H22N2O/c1-12(14-9-5-6-10-16-14)17-15(18)11-13-7-3-2-4-8-13/h2-4,7-8,12,14,16H,5-6,9-11H2,1H3,(H,17,18). The second kappa shape index (κ2) is 6.55. The van der Waals surface area contributed by atoms with Gasteiger partial charge in [-0.3, -0.25) is 4.79 Å². The number of hydrogen-bond acceptors (Lipinski definition) is 2. The molecule has 1 fully saturated rings. The van der Waals surface area contributed by atoms with Crippen molar-refractivity contribution in [2.24, 2.45) is 0 Å². The van der Waals surface area contributed by atoms with Crippen molar-refractivity contribution in [2.45, 2.75) is 44.7 Å². The van der Waals surface area contributed by atoms with E-state index in [9.17, 15) is 4.79 Å². The van der Waals surface area contributed by atoms with Crippen LogP contribution in [0.25, 0.3) is 0 Å². The van der Waals surface area contributed by atoms with Crippen molar-refractivity contribution in [3.05, 3.63) is 35.9 Å². The monoisotopic (exact) mass is 246 g/mol. The van der Waals surface area contributed by atoms with Gasteiger partial charge in [0.25, 0.3) is 0 Å². The summed E-state index contributed by atoms with van der Waals surface area (Å²) in [6.07, 6.45) is 4.14. The lowest BCUT2D eigenvalue weighted by molar-refractivity contribution is -0.121. The van der Waals surface area contributed by atoms with E-state index in [1.54, 1.807) is 0 Å². The van der Waals surface area contributed by atoms with Gasteiger partial charge in [0.05, 0.1) is 6.42 Å². The van der Waals surface area contributed by atoms with Crippen LogP contribution in [0, 0.1) is 0 Å². The largest absolute Gasteiger partial charge is 0.352 e. The van der Waals surface area contributed by atoms with Gasteiger partial charge >= 0.3 is 0 Å². The number of hydrogen-bond donors (Lipinski definition) is 2. The molecule has 2 unspecified atom stereocenters. The molecule has 1 aliphatic heterocycles. The summed E-state index contributed by atoms with van der Waals surface area (Å²) in [4.78, 5) is 11.9. The minimum atomic E-state index is 0.112. The molecule has 2 atom stereocenters. The number of carbonyl (C=O) groups is 1.